The molecule has 1 amide bonds. The third-order valence-electron chi connectivity index (χ3n) is 3.55. The van der Waals surface area contributed by atoms with Crippen LogP contribution in [0.5, 0.6) is 0 Å². The highest BCUT2D eigenvalue weighted by Crippen LogP contribution is 2.31. The highest BCUT2D eigenvalue weighted by molar-refractivity contribution is 7.22. The Kier molecular flexibility index (Phi) is 3.81. The predicted octanol–water partition coefficient (Wildman–Crippen LogP) is 4.17. The van der Waals surface area contributed by atoms with Crippen LogP contribution in [-0.2, 0) is 6.54 Å². The SMILES string of the molecule is Cc1cc(C(=O)N(Cc2ccco2)c2nc3ccc(F)cc3s2)on1. The van der Waals surface area contributed by atoms with Crippen LogP contribution in [0.25, 0.3) is 10.2 Å². The van der Waals surface area contributed by atoms with Gasteiger partial charge in [-0.1, -0.05) is 16.5 Å². The summed E-state index contributed by atoms with van der Waals surface area (Å²) in [5, 5.41) is 4.18. The molecule has 0 aliphatic heterocycles. The monoisotopic (exact) mass is 357 g/mol. The van der Waals surface area contributed by atoms with Crippen LogP contribution < -0.4 is 4.90 Å². The van der Waals surface area contributed by atoms with Gasteiger partial charge >= 0.3 is 0 Å². The summed E-state index contributed by atoms with van der Waals surface area (Å²) in [6, 6.07) is 9.38. The third-order valence-corrected chi connectivity index (χ3v) is 4.59. The van der Waals surface area contributed by atoms with E-state index in [9.17, 15) is 9.18 Å². The number of nitrogens with zero attached hydrogens (tertiary/aromatic N) is 3. The van der Waals surface area contributed by atoms with Gasteiger partial charge in [-0.25, -0.2) is 9.37 Å². The molecular formula is C17H12FN3O3S. The van der Waals surface area contributed by atoms with E-state index in [4.69, 9.17) is 8.94 Å². The molecule has 8 heteroatoms. The number of halogens is 1. The fourth-order valence-corrected chi connectivity index (χ4v) is 3.37. The van der Waals surface area contributed by atoms with Gasteiger partial charge in [-0.2, -0.15) is 0 Å². The molecule has 3 aromatic heterocycles. The van der Waals surface area contributed by atoms with Crippen LogP contribution in [0.3, 0.4) is 0 Å². The van der Waals surface area contributed by atoms with Gasteiger partial charge < -0.3 is 8.94 Å². The maximum Gasteiger partial charge on any atom is 0.299 e. The summed E-state index contributed by atoms with van der Waals surface area (Å²) in [6.45, 7) is 1.91. The average molecular weight is 357 g/mol. The van der Waals surface area contributed by atoms with E-state index in [1.165, 1.54) is 34.6 Å². The number of thiazole rings is 1. The normalized spacial score (nSPS) is 11.1. The van der Waals surface area contributed by atoms with Gasteiger partial charge in [-0.05, 0) is 37.3 Å². The van der Waals surface area contributed by atoms with Gasteiger partial charge in [0.05, 0.1) is 28.7 Å². The minimum absolute atomic E-state index is 0.106. The Morgan fingerprint density at radius 3 is 2.92 bits per heavy atom. The summed E-state index contributed by atoms with van der Waals surface area (Å²) in [4.78, 5) is 18.7. The highest BCUT2D eigenvalue weighted by Gasteiger charge is 2.25. The number of rotatable bonds is 4. The number of benzene rings is 1. The van der Waals surface area contributed by atoms with E-state index in [2.05, 4.69) is 10.1 Å². The van der Waals surface area contributed by atoms with E-state index in [0.717, 1.165) is 0 Å². The molecule has 0 saturated heterocycles. The number of carbonyl (C=O) groups excluding carboxylic acids is 1. The fourth-order valence-electron chi connectivity index (χ4n) is 2.38. The van der Waals surface area contributed by atoms with Crippen molar-refractivity contribution >= 4 is 32.6 Å². The number of amides is 1. The van der Waals surface area contributed by atoms with Crippen molar-refractivity contribution in [2.24, 2.45) is 0 Å². The summed E-state index contributed by atoms with van der Waals surface area (Å²) in [5.41, 5.74) is 1.22. The van der Waals surface area contributed by atoms with Crippen LogP contribution >= 0.6 is 11.3 Å². The Hall–Kier alpha value is -3.00. The minimum Gasteiger partial charge on any atom is -0.467 e. The smallest absolute Gasteiger partial charge is 0.299 e. The first-order valence-corrected chi connectivity index (χ1v) is 8.25. The van der Waals surface area contributed by atoms with Gasteiger partial charge in [0.25, 0.3) is 5.91 Å². The van der Waals surface area contributed by atoms with Crippen LogP contribution in [0, 0.1) is 12.7 Å². The summed E-state index contributed by atoms with van der Waals surface area (Å²) >= 11 is 1.22. The number of aromatic nitrogens is 2. The molecule has 0 N–H and O–H groups in total. The maximum atomic E-state index is 13.4. The Morgan fingerprint density at radius 1 is 1.32 bits per heavy atom. The van der Waals surface area contributed by atoms with Crippen LogP contribution in [0.15, 0.2) is 51.6 Å². The van der Waals surface area contributed by atoms with E-state index in [1.807, 2.05) is 0 Å². The lowest BCUT2D eigenvalue weighted by atomic mass is 10.3. The van der Waals surface area contributed by atoms with Crippen molar-refractivity contribution in [3.8, 4) is 0 Å². The lowest BCUT2D eigenvalue weighted by Gasteiger charge is -2.16. The van der Waals surface area contributed by atoms with Crippen molar-refractivity contribution in [2.75, 3.05) is 4.90 Å². The van der Waals surface area contributed by atoms with Crippen LogP contribution in [-0.4, -0.2) is 16.0 Å². The summed E-state index contributed by atoms with van der Waals surface area (Å²) in [7, 11) is 0. The number of anilines is 1. The van der Waals surface area contributed by atoms with Crippen LogP contribution in [0.1, 0.15) is 22.0 Å². The van der Waals surface area contributed by atoms with Crippen molar-refractivity contribution < 1.29 is 18.1 Å². The topological polar surface area (TPSA) is 72.4 Å². The molecule has 0 bridgehead atoms. The molecule has 0 atom stereocenters. The maximum absolute atomic E-state index is 13.4. The molecule has 0 aliphatic carbocycles. The molecule has 4 rings (SSSR count). The standard InChI is InChI=1S/C17H12FN3O3S/c1-10-7-14(24-20-10)16(22)21(9-12-3-2-6-23-12)17-19-13-5-4-11(18)8-15(13)25-17/h2-8H,9H2,1H3. The average Bonchev–Trinajstić information content (AvgIpc) is 3.31. The quantitative estimate of drug-likeness (QED) is 0.548. The first kappa shape index (κ1) is 15.5. The molecule has 1 aromatic carbocycles. The van der Waals surface area contributed by atoms with E-state index in [-0.39, 0.29) is 18.1 Å². The number of aryl methyl sites for hydroxylation is 1. The second kappa shape index (κ2) is 6.14. The van der Waals surface area contributed by atoms with E-state index in [1.54, 1.807) is 31.2 Å². The molecule has 25 heavy (non-hydrogen) atoms. The zero-order valence-electron chi connectivity index (χ0n) is 13.1. The van der Waals surface area contributed by atoms with Crippen molar-refractivity contribution in [3.63, 3.8) is 0 Å². The molecule has 0 spiro atoms. The zero-order valence-corrected chi connectivity index (χ0v) is 13.9. The van der Waals surface area contributed by atoms with Crippen molar-refractivity contribution in [2.45, 2.75) is 13.5 Å². The molecule has 0 fully saturated rings. The Morgan fingerprint density at radius 2 is 2.20 bits per heavy atom. The first-order valence-electron chi connectivity index (χ1n) is 7.44. The molecular weight excluding hydrogens is 345 g/mol. The largest absolute Gasteiger partial charge is 0.467 e. The molecule has 0 radical (unpaired) electrons. The first-order chi connectivity index (χ1) is 12.1. The summed E-state index contributed by atoms with van der Waals surface area (Å²) in [6.07, 6.45) is 1.53. The molecule has 0 aliphatic rings. The number of carbonyl (C=O) groups is 1. The van der Waals surface area contributed by atoms with Gasteiger partial charge in [0, 0.05) is 6.07 Å². The van der Waals surface area contributed by atoms with Crippen molar-refractivity contribution in [3.05, 3.63) is 65.7 Å². The minimum atomic E-state index is -0.392. The lowest BCUT2D eigenvalue weighted by Crippen LogP contribution is -2.29. The third kappa shape index (κ3) is 3.03. The Balaban J connectivity index is 1.76. The second-order valence-corrected chi connectivity index (χ2v) is 6.42. The Bertz CT molecular complexity index is 1040. The second-order valence-electron chi connectivity index (χ2n) is 5.41. The Labute approximate surface area is 145 Å². The van der Waals surface area contributed by atoms with Gasteiger partial charge in [0.15, 0.2) is 5.13 Å². The van der Waals surface area contributed by atoms with E-state index in [0.29, 0.717) is 26.8 Å². The molecule has 0 unspecified atom stereocenters. The number of fused-ring (bicyclic) bond motifs is 1. The molecule has 3 heterocycles. The summed E-state index contributed by atoms with van der Waals surface area (Å²) < 4.78 is 24.5. The van der Waals surface area contributed by atoms with Crippen molar-refractivity contribution in [1.82, 2.24) is 10.1 Å². The summed E-state index contributed by atoms with van der Waals surface area (Å²) in [5.74, 6) is -0.0430. The number of furan rings is 1. The number of hydrogen-bond acceptors (Lipinski definition) is 6. The van der Waals surface area contributed by atoms with Gasteiger partial charge in [0.2, 0.25) is 5.76 Å². The van der Waals surface area contributed by atoms with Gasteiger partial charge in [0.1, 0.15) is 11.6 Å². The van der Waals surface area contributed by atoms with E-state index < -0.39 is 5.91 Å². The molecule has 6 nitrogen and oxygen atoms in total. The predicted molar refractivity (Wildman–Crippen MR) is 90.0 cm³/mol. The van der Waals surface area contributed by atoms with E-state index >= 15 is 0 Å². The lowest BCUT2D eigenvalue weighted by molar-refractivity contribution is 0.0947. The number of hydrogen-bond donors (Lipinski definition) is 0. The molecule has 0 saturated carbocycles. The van der Waals surface area contributed by atoms with Crippen LogP contribution in [0.4, 0.5) is 9.52 Å². The van der Waals surface area contributed by atoms with Gasteiger partial charge in [-0.3, -0.25) is 9.69 Å². The highest BCUT2D eigenvalue weighted by atomic mass is 32.1. The fraction of sp³-hybridized carbons (Fsp3) is 0.118. The molecule has 4 aromatic rings. The molecule has 126 valence electrons. The zero-order chi connectivity index (χ0) is 17.4. The van der Waals surface area contributed by atoms with Crippen molar-refractivity contribution in [1.29, 1.82) is 0 Å². The van der Waals surface area contributed by atoms with Crippen LogP contribution in [0.2, 0.25) is 0 Å². The van der Waals surface area contributed by atoms with Gasteiger partial charge in [-0.15, -0.1) is 0 Å².